The summed E-state index contributed by atoms with van der Waals surface area (Å²) in [5.74, 6) is 1.38. The summed E-state index contributed by atoms with van der Waals surface area (Å²) < 4.78 is 0. The van der Waals surface area contributed by atoms with Crippen molar-refractivity contribution in [2.45, 2.75) is 31.6 Å². The highest BCUT2D eigenvalue weighted by Crippen LogP contribution is 2.35. The van der Waals surface area contributed by atoms with Crippen molar-refractivity contribution in [1.29, 1.82) is 0 Å². The zero-order valence-electron chi connectivity index (χ0n) is 16.4. The van der Waals surface area contributed by atoms with E-state index >= 15 is 0 Å². The number of hydrogen-bond acceptors (Lipinski definition) is 3. The van der Waals surface area contributed by atoms with E-state index in [-0.39, 0.29) is 5.91 Å². The summed E-state index contributed by atoms with van der Waals surface area (Å²) in [5.41, 5.74) is 3.20. The number of carbonyl (C=O) groups excluding carboxylic acids is 1. The molecule has 0 aliphatic carbocycles. The van der Waals surface area contributed by atoms with Crippen molar-refractivity contribution in [3.05, 3.63) is 58.9 Å². The monoisotopic (exact) mass is 408 g/mol. The van der Waals surface area contributed by atoms with E-state index in [1.807, 2.05) is 4.90 Å². The van der Waals surface area contributed by atoms with Crippen LogP contribution in [-0.4, -0.2) is 47.0 Å². The molecule has 0 spiro atoms. The van der Waals surface area contributed by atoms with Crippen molar-refractivity contribution in [3.63, 3.8) is 0 Å². The van der Waals surface area contributed by atoms with Gasteiger partial charge in [0.15, 0.2) is 0 Å². The first kappa shape index (κ1) is 18.5. The summed E-state index contributed by atoms with van der Waals surface area (Å²) in [5, 5.41) is 1.90. The minimum absolute atomic E-state index is 0.0431. The number of aromatic amines is 1. The summed E-state index contributed by atoms with van der Waals surface area (Å²) in [7, 11) is 0. The highest BCUT2D eigenvalue weighted by Gasteiger charge is 2.26. The molecule has 2 fully saturated rings. The molecule has 2 aromatic heterocycles. The molecule has 1 aromatic carbocycles. The Morgan fingerprint density at radius 1 is 1.10 bits per heavy atom. The molecule has 0 bridgehead atoms. The number of halogens is 1. The van der Waals surface area contributed by atoms with E-state index in [9.17, 15) is 4.79 Å². The lowest BCUT2D eigenvalue weighted by molar-refractivity contribution is 0.0792. The van der Waals surface area contributed by atoms with Gasteiger partial charge in [0, 0.05) is 49.5 Å². The second kappa shape index (κ2) is 7.71. The number of benzene rings is 1. The van der Waals surface area contributed by atoms with Crippen LogP contribution in [0.4, 0.5) is 5.82 Å². The third-order valence-electron chi connectivity index (χ3n) is 6.32. The van der Waals surface area contributed by atoms with Gasteiger partial charge in [0.2, 0.25) is 0 Å². The predicted octanol–water partition coefficient (Wildman–Crippen LogP) is 4.84. The Morgan fingerprint density at radius 2 is 1.86 bits per heavy atom. The molecule has 3 aromatic rings. The highest BCUT2D eigenvalue weighted by molar-refractivity contribution is 6.33. The van der Waals surface area contributed by atoms with Gasteiger partial charge >= 0.3 is 0 Å². The van der Waals surface area contributed by atoms with Crippen molar-refractivity contribution in [1.82, 2.24) is 14.9 Å². The van der Waals surface area contributed by atoms with Crippen LogP contribution in [0.3, 0.4) is 0 Å². The number of amides is 1. The molecule has 2 saturated heterocycles. The van der Waals surface area contributed by atoms with Crippen LogP contribution in [0.15, 0.2) is 42.7 Å². The predicted molar refractivity (Wildman–Crippen MR) is 117 cm³/mol. The maximum Gasteiger partial charge on any atom is 0.255 e. The number of fused-ring (bicyclic) bond motifs is 1. The van der Waals surface area contributed by atoms with E-state index < -0.39 is 0 Å². The second-order valence-corrected chi connectivity index (χ2v) is 8.49. The molecule has 1 N–H and O–H groups in total. The number of likely N-dealkylation sites (tertiary alicyclic amines) is 1. The van der Waals surface area contributed by atoms with Gasteiger partial charge < -0.3 is 14.8 Å². The van der Waals surface area contributed by atoms with Crippen LogP contribution in [0.1, 0.15) is 47.5 Å². The van der Waals surface area contributed by atoms with Crippen LogP contribution in [0, 0.1) is 0 Å². The maximum atomic E-state index is 12.6. The Morgan fingerprint density at radius 3 is 2.62 bits per heavy atom. The lowest BCUT2D eigenvalue weighted by atomic mass is 9.89. The average Bonchev–Trinajstić information content (AvgIpc) is 3.44. The fraction of sp³-hybridized carbons (Fsp3) is 0.391. The van der Waals surface area contributed by atoms with Crippen molar-refractivity contribution in [3.8, 4) is 0 Å². The quantitative estimate of drug-likeness (QED) is 0.674. The summed E-state index contributed by atoms with van der Waals surface area (Å²) in [6.45, 7) is 3.49. The van der Waals surface area contributed by atoms with Crippen LogP contribution in [-0.2, 0) is 0 Å². The van der Waals surface area contributed by atoms with E-state index in [0.29, 0.717) is 16.5 Å². The molecule has 1 amide bonds. The fourth-order valence-corrected chi connectivity index (χ4v) is 5.00. The van der Waals surface area contributed by atoms with E-state index in [4.69, 9.17) is 11.6 Å². The largest absolute Gasteiger partial charge is 0.361 e. The molecule has 0 atom stereocenters. The standard InChI is InChI=1S/C23H25ClN4O/c24-20-13-17(23(29)28-9-3-4-10-28)14-26-22(20)27-11-7-16(8-12-27)19-15-25-21-6-2-1-5-18(19)21/h1-2,5-6,13-16,25H,3-4,7-12H2. The first-order valence-corrected chi connectivity index (χ1v) is 10.8. The highest BCUT2D eigenvalue weighted by atomic mass is 35.5. The van der Waals surface area contributed by atoms with Crippen LogP contribution < -0.4 is 4.90 Å². The third kappa shape index (κ3) is 3.48. The van der Waals surface area contributed by atoms with Gasteiger partial charge in [-0.15, -0.1) is 0 Å². The summed E-state index contributed by atoms with van der Waals surface area (Å²) in [4.78, 5) is 24.7. The SMILES string of the molecule is O=C(c1cnc(N2CCC(c3c[nH]c4ccccc34)CC2)c(Cl)c1)N1CCCC1. The number of H-pyrrole nitrogens is 1. The topological polar surface area (TPSA) is 52.2 Å². The summed E-state index contributed by atoms with van der Waals surface area (Å²) in [6.07, 6.45) is 8.14. The van der Waals surface area contributed by atoms with Crippen LogP contribution in [0.2, 0.25) is 5.02 Å². The van der Waals surface area contributed by atoms with Crippen LogP contribution >= 0.6 is 11.6 Å². The molecule has 0 saturated carbocycles. The number of anilines is 1. The summed E-state index contributed by atoms with van der Waals surface area (Å²) in [6, 6.07) is 10.3. The molecule has 29 heavy (non-hydrogen) atoms. The lowest BCUT2D eigenvalue weighted by Crippen LogP contribution is -2.34. The number of carbonyl (C=O) groups is 1. The van der Waals surface area contributed by atoms with Crippen molar-refractivity contribution < 1.29 is 4.79 Å². The number of para-hydroxylation sites is 1. The van der Waals surface area contributed by atoms with Gasteiger partial charge in [-0.05, 0) is 49.3 Å². The molecule has 0 unspecified atom stereocenters. The third-order valence-corrected chi connectivity index (χ3v) is 6.60. The van der Waals surface area contributed by atoms with Crippen molar-refractivity contribution in [2.75, 3.05) is 31.1 Å². The zero-order chi connectivity index (χ0) is 19.8. The minimum atomic E-state index is 0.0431. The Labute approximate surface area is 175 Å². The zero-order valence-corrected chi connectivity index (χ0v) is 17.2. The first-order valence-electron chi connectivity index (χ1n) is 10.5. The number of rotatable bonds is 3. The molecule has 6 heteroatoms. The van der Waals surface area contributed by atoms with Gasteiger partial charge in [-0.3, -0.25) is 4.79 Å². The maximum absolute atomic E-state index is 12.6. The number of hydrogen-bond donors (Lipinski definition) is 1. The number of pyridine rings is 1. The molecule has 5 rings (SSSR count). The molecular weight excluding hydrogens is 384 g/mol. The van der Waals surface area contributed by atoms with Crippen molar-refractivity contribution >= 4 is 34.2 Å². The van der Waals surface area contributed by atoms with Gasteiger partial charge in [0.05, 0.1) is 10.6 Å². The molecular formula is C23H25ClN4O. The van der Waals surface area contributed by atoms with E-state index in [1.54, 1.807) is 12.3 Å². The van der Waals surface area contributed by atoms with Crippen LogP contribution in [0.25, 0.3) is 10.9 Å². The average molecular weight is 409 g/mol. The molecule has 2 aliphatic heterocycles. The van der Waals surface area contributed by atoms with Gasteiger partial charge in [-0.2, -0.15) is 0 Å². The van der Waals surface area contributed by atoms with E-state index in [2.05, 4.69) is 45.3 Å². The number of nitrogens with one attached hydrogen (secondary N) is 1. The first-order chi connectivity index (χ1) is 14.2. The van der Waals surface area contributed by atoms with Gasteiger partial charge in [-0.25, -0.2) is 4.98 Å². The molecule has 150 valence electrons. The van der Waals surface area contributed by atoms with Gasteiger partial charge in [0.25, 0.3) is 5.91 Å². The van der Waals surface area contributed by atoms with Crippen molar-refractivity contribution in [2.24, 2.45) is 0 Å². The van der Waals surface area contributed by atoms with E-state index in [0.717, 1.165) is 57.7 Å². The summed E-state index contributed by atoms with van der Waals surface area (Å²) >= 11 is 6.55. The molecule has 4 heterocycles. The molecule has 0 radical (unpaired) electrons. The molecule has 2 aliphatic rings. The normalized spacial score (nSPS) is 18.0. The fourth-order valence-electron chi connectivity index (χ4n) is 4.72. The number of aromatic nitrogens is 2. The van der Waals surface area contributed by atoms with Gasteiger partial charge in [-0.1, -0.05) is 29.8 Å². The Kier molecular flexibility index (Phi) is 4.92. The Bertz CT molecular complexity index is 1030. The smallest absolute Gasteiger partial charge is 0.255 e. The minimum Gasteiger partial charge on any atom is -0.361 e. The van der Waals surface area contributed by atoms with Crippen LogP contribution in [0.5, 0.6) is 0 Å². The Hall–Kier alpha value is -2.53. The van der Waals surface area contributed by atoms with Gasteiger partial charge in [0.1, 0.15) is 5.82 Å². The Balaban J connectivity index is 1.28. The lowest BCUT2D eigenvalue weighted by Gasteiger charge is -2.33. The molecule has 5 nitrogen and oxygen atoms in total. The number of piperidine rings is 1. The second-order valence-electron chi connectivity index (χ2n) is 8.08. The number of nitrogens with zero attached hydrogens (tertiary/aromatic N) is 3. The van der Waals surface area contributed by atoms with E-state index in [1.165, 1.54) is 16.5 Å².